The van der Waals surface area contributed by atoms with Crippen molar-refractivity contribution in [2.75, 3.05) is 6.54 Å². The number of benzene rings is 1. The summed E-state index contributed by atoms with van der Waals surface area (Å²) in [6, 6.07) is 9.08. The molecule has 0 saturated carbocycles. The summed E-state index contributed by atoms with van der Waals surface area (Å²) in [6.45, 7) is 1.85. The maximum atomic E-state index is 13.9. The molecule has 0 bridgehead atoms. The Labute approximate surface area is 72.4 Å². The topological polar surface area (TPSA) is 26.0 Å². The summed E-state index contributed by atoms with van der Waals surface area (Å²) in [4.78, 5) is 0. The van der Waals surface area contributed by atoms with Gasteiger partial charge in [-0.3, -0.25) is 0 Å². The second-order valence-electron chi connectivity index (χ2n) is 2.89. The lowest BCUT2D eigenvalue weighted by Gasteiger charge is -2.21. The molecule has 0 heterocycles. The molecule has 0 fully saturated rings. The van der Waals surface area contributed by atoms with E-state index in [0.717, 1.165) is 0 Å². The number of nitrogens with two attached hydrogens (primary N) is 1. The van der Waals surface area contributed by atoms with Crippen LogP contribution in [0.25, 0.3) is 0 Å². The molecular formula is C10H14FN. The standard InChI is InChI=1S/C10H14FN/c1-2-10(11,8-12)9-6-4-3-5-7-9/h3-7H,2,8,12H2,1H3/t10-/m0/s1. The average Bonchev–Trinajstić information content (AvgIpc) is 2.18. The fraction of sp³-hybridized carbons (Fsp3) is 0.400. The van der Waals surface area contributed by atoms with E-state index in [0.29, 0.717) is 12.0 Å². The summed E-state index contributed by atoms with van der Waals surface area (Å²) in [5, 5.41) is 0. The normalized spacial score (nSPS) is 15.6. The Morgan fingerprint density at radius 3 is 2.33 bits per heavy atom. The fourth-order valence-corrected chi connectivity index (χ4v) is 1.20. The molecule has 1 rings (SSSR count). The Balaban J connectivity index is 2.95. The number of hydrogen-bond donors (Lipinski definition) is 1. The number of alkyl halides is 1. The molecule has 1 aromatic carbocycles. The third-order valence-corrected chi connectivity index (χ3v) is 2.18. The summed E-state index contributed by atoms with van der Waals surface area (Å²) in [7, 11) is 0. The van der Waals surface area contributed by atoms with Gasteiger partial charge in [-0.25, -0.2) is 4.39 Å². The van der Waals surface area contributed by atoms with Gasteiger partial charge in [-0.2, -0.15) is 0 Å². The molecule has 1 nitrogen and oxygen atoms in total. The van der Waals surface area contributed by atoms with Crippen LogP contribution in [0.4, 0.5) is 4.39 Å². The minimum absolute atomic E-state index is 0.0491. The number of halogens is 1. The first-order chi connectivity index (χ1) is 5.73. The first-order valence-electron chi connectivity index (χ1n) is 4.17. The number of hydrogen-bond acceptors (Lipinski definition) is 1. The summed E-state index contributed by atoms with van der Waals surface area (Å²) < 4.78 is 13.9. The van der Waals surface area contributed by atoms with Gasteiger partial charge in [0.2, 0.25) is 0 Å². The summed E-state index contributed by atoms with van der Waals surface area (Å²) in [5.74, 6) is 0. The van der Waals surface area contributed by atoms with Crippen molar-refractivity contribution in [2.24, 2.45) is 5.73 Å². The molecule has 1 atom stereocenters. The Bertz CT molecular complexity index is 229. The van der Waals surface area contributed by atoms with Crippen LogP contribution in [0, 0.1) is 0 Å². The van der Waals surface area contributed by atoms with Crippen LogP contribution < -0.4 is 5.73 Å². The van der Waals surface area contributed by atoms with Gasteiger partial charge in [0.15, 0.2) is 0 Å². The van der Waals surface area contributed by atoms with Gasteiger partial charge in [-0.1, -0.05) is 37.3 Å². The van der Waals surface area contributed by atoms with Gasteiger partial charge in [0.1, 0.15) is 5.67 Å². The molecule has 12 heavy (non-hydrogen) atoms. The van der Waals surface area contributed by atoms with Crippen molar-refractivity contribution in [3.63, 3.8) is 0 Å². The minimum atomic E-state index is -1.35. The van der Waals surface area contributed by atoms with E-state index in [1.807, 2.05) is 18.2 Å². The smallest absolute Gasteiger partial charge is 0.147 e. The highest BCUT2D eigenvalue weighted by atomic mass is 19.1. The van der Waals surface area contributed by atoms with Crippen LogP contribution in [-0.2, 0) is 5.67 Å². The van der Waals surface area contributed by atoms with Gasteiger partial charge in [0, 0.05) is 6.54 Å². The predicted octanol–water partition coefficient (Wildman–Crippen LogP) is 2.22. The monoisotopic (exact) mass is 167 g/mol. The third-order valence-electron chi connectivity index (χ3n) is 2.18. The van der Waals surface area contributed by atoms with Crippen LogP contribution >= 0.6 is 0 Å². The van der Waals surface area contributed by atoms with Gasteiger partial charge in [-0.05, 0) is 12.0 Å². The van der Waals surface area contributed by atoms with Gasteiger partial charge >= 0.3 is 0 Å². The molecule has 0 aliphatic rings. The van der Waals surface area contributed by atoms with Crippen molar-refractivity contribution in [1.82, 2.24) is 0 Å². The van der Waals surface area contributed by atoms with E-state index >= 15 is 0 Å². The van der Waals surface area contributed by atoms with Crippen LogP contribution in [0.15, 0.2) is 30.3 Å². The molecule has 0 saturated heterocycles. The first-order valence-corrected chi connectivity index (χ1v) is 4.17. The van der Waals surface area contributed by atoms with Gasteiger partial charge in [0.25, 0.3) is 0 Å². The van der Waals surface area contributed by atoms with Crippen molar-refractivity contribution in [2.45, 2.75) is 19.0 Å². The second-order valence-corrected chi connectivity index (χ2v) is 2.89. The highest BCUT2D eigenvalue weighted by molar-refractivity contribution is 5.22. The minimum Gasteiger partial charge on any atom is -0.327 e. The quantitative estimate of drug-likeness (QED) is 0.734. The Kier molecular flexibility index (Phi) is 2.82. The molecule has 0 amide bonds. The summed E-state index contributed by atoms with van der Waals surface area (Å²) in [6.07, 6.45) is 0.424. The second kappa shape index (κ2) is 3.68. The lowest BCUT2D eigenvalue weighted by Crippen LogP contribution is -2.29. The predicted molar refractivity (Wildman–Crippen MR) is 48.6 cm³/mol. The Morgan fingerprint density at radius 2 is 1.92 bits per heavy atom. The van der Waals surface area contributed by atoms with Crippen LogP contribution in [0.3, 0.4) is 0 Å². The van der Waals surface area contributed by atoms with Crippen molar-refractivity contribution in [3.8, 4) is 0 Å². The molecule has 0 spiro atoms. The molecule has 0 aliphatic heterocycles. The lowest BCUT2D eigenvalue weighted by atomic mass is 9.93. The average molecular weight is 167 g/mol. The SMILES string of the molecule is CC[C@](F)(CN)c1ccccc1. The maximum Gasteiger partial charge on any atom is 0.147 e. The van der Waals surface area contributed by atoms with E-state index in [4.69, 9.17) is 5.73 Å². The lowest BCUT2D eigenvalue weighted by molar-refractivity contribution is 0.169. The molecule has 1 aromatic rings. The molecule has 2 heteroatoms. The van der Waals surface area contributed by atoms with Crippen molar-refractivity contribution in [1.29, 1.82) is 0 Å². The molecule has 2 N–H and O–H groups in total. The zero-order chi connectivity index (χ0) is 9.03. The van der Waals surface area contributed by atoms with E-state index in [-0.39, 0.29) is 6.54 Å². The molecule has 0 unspecified atom stereocenters. The van der Waals surface area contributed by atoms with E-state index in [2.05, 4.69) is 0 Å². The summed E-state index contributed by atoms with van der Waals surface area (Å²) in [5.41, 5.74) is 4.70. The Hall–Kier alpha value is -0.890. The van der Waals surface area contributed by atoms with E-state index in [1.165, 1.54) is 0 Å². The van der Waals surface area contributed by atoms with Gasteiger partial charge in [-0.15, -0.1) is 0 Å². The molecular weight excluding hydrogens is 153 g/mol. The van der Waals surface area contributed by atoms with Gasteiger partial charge < -0.3 is 5.73 Å². The van der Waals surface area contributed by atoms with Gasteiger partial charge in [0.05, 0.1) is 0 Å². The van der Waals surface area contributed by atoms with Crippen molar-refractivity contribution < 1.29 is 4.39 Å². The van der Waals surface area contributed by atoms with Crippen molar-refractivity contribution >= 4 is 0 Å². The molecule has 0 aromatic heterocycles. The fourth-order valence-electron chi connectivity index (χ4n) is 1.20. The van der Waals surface area contributed by atoms with Crippen LogP contribution in [0.1, 0.15) is 18.9 Å². The number of rotatable bonds is 3. The zero-order valence-corrected chi connectivity index (χ0v) is 7.26. The van der Waals surface area contributed by atoms with Crippen LogP contribution in [0.2, 0.25) is 0 Å². The van der Waals surface area contributed by atoms with Crippen LogP contribution in [0.5, 0.6) is 0 Å². The maximum absolute atomic E-state index is 13.9. The zero-order valence-electron chi connectivity index (χ0n) is 7.26. The Morgan fingerprint density at radius 1 is 1.33 bits per heavy atom. The van der Waals surface area contributed by atoms with E-state index in [9.17, 15) is 4.39 Å². The third kappa shape index (κ3) is 1.64. The highest BCUT2D eigenvalue weighted by Crippen LogP contribution is 2.27. The van der Waals surface area contributed by atoms with E-state index in [1.54, 1.807) is 19.1 Å². The van der Waals surface area contributed by atoms with E-state index < -0.39 is 5.67 Å². The van der Waals surface area contributed by atoms with Crippen molar-refractivity contribution in [3.05, 3.63) is 35.9 Å². The molecule has 0 aliphatic carbocycles. The largest absolute Gasteiger partial charge is 0.327 e. The first kappa shape index (κ1) is 9.20. The summed E-state index contributed by atoms with van der Waals surface area (Å²) >= 11 is 0. The highest BCUT2D eigenvalue weighted by Gasteiger charge is 2.27. The van der Waals surface area contributed by atoms with Crippen LogP contribution in [-0.4, -0.2) is 6.54 Å². The molecule has 66 valence electrons. The molecule has 0 radical (unpaired) electrons.